The van der Waals surface area contributed by atoms with Crippen molar-refractivity contribution in [3.8, 4) is 0 Å². The van der Waals surface area contributed by atoms with Crippen molar-refractivity contribution in [3.05, 3.63) is 70.4 Å². The summed E-state index contributed by atoms with van der Waals surface area (Å²) in [4.78, 5) is 15.7. The molecule has 35 heavy (non-hydrogen) atoms. The Hall–Kier alpha value is -2.97. The number of benzene rings is 1. The topological polar surface area (TPSA) is 106 Å². The Morgan fingerprint density at radius 1 is 1.29 bits per heavy atom. The molecule has 2 aromatic heterocycles. The number of nitrogens with zero attached hydrogens (tertiary/aromatic N) is 3. The first-order valence-electron chi connectivity index (χ1n) is 11.8. The maximum atomic E-state index is 12.5. The fourth-order valence-corrected chi connectivity index (χ4v) is 5.81. The van der Waals surface area contributed by atoms with Gasteiger partial charge in [-0.05, 0) is 67.9 Å². The molecular formula is C26H31ClFN5O2. The largest absolute Gasteiger partial charge is 0.389 e. The number of hydrogen-bond acceptors (Lipinski definition) is 6. The smallest absolute Gasteiger partial charge is 0.155 e. The molecule has 4 N–H and O–H groups in total. The minimum absolute atomic E-state index is 0.145. The van der Waals surface area contributed by atoms with E-state index in [0.717, 1.165) is 49.0 Å². The van der Waals surface area contributed by atoms with Crippen LogP contribution in [0.2, 0.25) is 5.02 Å². The van der Waals surface area contributed by atoms with Gasteiger partial charge in [-0.1, -0.05) is 17.7 Å². The molecule has 0 spiro atoms. The molecule has 2 fully saturated rings. The molecule has 2 unspecified atom stereocenters. The van der Waals surface area contributed by atoms with Crippen molar-refractivity contribution in [2.24, 2.45) is 18.9 Å². The first-order chi connectivity index (χ1) is 16.7. The molecule has 2 atom stereocenters. The van der Waals surface area contributed by atoms with Gasteiger partial charge in [0, 0.05) is 44.0 Å². The highest BCUT2D eigenvalue weighted by Crippen LogP contribution is 2.54. The molecule has 0 amide bonds. The molecule has 0 bridgehead atoms. The summed E-state index contributed by atoms with van der Waals surface area (Å²) in [6, 6.07) is 10.3. The van der Waals surface area contributed by atoms with Crippen LogP contribution in [-0.4, -0.2) is 38.8 Å². The van der Waals surface area contributed by atoms with Crippen LogP contribution in [0.4, 0.5) is 15.9 Å². The number of hydrogen-bond donors (Lipinski definition) is 3. The van der Waals surface area contributed by atoms with Crippen LogP contribution in [0.5, 0.6) is 0 Å². The third-order valence-corrected chi connectivity index (χ3v) is 7.52. The summed E-state index contributed by atoms with van der Waals surface area (Å²) in [5.41, 5.74) is 8.41. The average molecular weight is 500 g/mol. The van der Waals surface area contributed by atoms with Crippen molar-refractivity contribution >= 4 is 29.4 Å². The van der Waals surface area contributed by atoms with E-state index in [1.807, 2.05) is 18.2 Å². The van der Waals surface area contributed by atoms with Gasteiger partial charge >= 0.3 is 0 Å². The van der Waals surface area contributed by atoms with Gasteiger partial charge in [0.1, 0.15) is 11.6 Å². The number of aromatic nitrogens is 3. The Bertz CT molecular complexity index is 1170. The van der Waals surface area contributed by atoms with E-state index in [2.05, 4.69) is 15.4 Å². The quantitative estimate of drug-likeness (QED) is 0.443. The number of aryl methyl sites for hydroxylation is 1. The predicted molar refractivity (Wildman–Crippen MR) is 135 cm³/mol. The minimum Gasteiger partial charge on any atom is -0.389 e. The number of carbonyl (C=O) groups excluding carboxylic acids is 1. The van der Waals surface area contributed by atoms with Crippen LogP contribution in [0.25, 0.3) is 0 Å². The Morgan fingerprint density at radius 2 is 2.00 bits per heavy atom. The number of aliphatic hydroxyl groups is 1. The normalized spacial score (nSPS) is 25.0. The van der Waals surface area contributed by atoms with Crippen molar-refractivity contribution in [2.45, 2.75) is 43.6 Å². The lowest BCUT2D eigenvalue weighted by atomic mass is 9.89. The molecule has 5 rings (SSSR count). The third-order valence-electron chi connectivity index (χ3n) is 7.23. The lowest BCUT2D eigenvalue weighted by molar-refractivity contribution is 0.0376. The maximum Gasteiger partial charge on any atom is 0.155 e. The predicted octanol–water partition coefficient (Wildman–Crippen LogP) is 4.61. The van der Waals surface area contributed by atoms with Crippen molar-refractivity contribution in [1.82, 2.24) is 14.8 Å². The van der Waals surface area contributed by atoms with Crippen molar-refractivity contribution in [1.29, 1.82) is 0 Å². The molecule has 0 aliphatic heterocycles. The van der Waals surface area contributed by atoms with E-state index in [9.17, 15) is 14.3 Å². The molecule has 186 valence electrons. The second-order valence-electron chi connectivity index (χ2n) is 9.62. The fourth-order valence-electron chi connectivity index (χ4n) is 5.63. The van der Waals surface area contributed by atoms with Gasteiger partial charge in [0.05, 0.1) is 21.9 Å². The zero-order chi connectivity index (χ0) is 25.2. The van der Waals surface area contributed by atoms with Crippen LogP contribution in [0.3, 0.4) is 0 Å². The SMILES string of the molecule is CNc1ccc(F)c(Cl)c1.Cn1nc(C2CC3CC(O)(Cc4ccccn4)CC3C2)c(C=O)c1N. The number of halogens is 2. The van der Waals surface area contributed by atoms with E-state index in [-0.39, 0.29) is 16.8 Å². The van der Waals surface area contributed by atoms with Gasteiger partial charge in [0.25, 0.3) is 0 Å². The molecule has 9 heteroatoms. The molecule has 2 saturated carbocycles. The van der Waals surface area contributed by atoms with Crippen molar-refractivity contribution < 1.29 is 14.3 Å². The number of pyridine rings is 1. The third kappa shape index (κ3) is 5.49. The Morgan fingerprint density at radius 3 is 2.57 bits per heavy atom. The monoisotopic (exact) mass is 499 g/mol. The molecule has 3 aromatic rings. The van der Waals surface area contributed by atoms with E-state index < -0.39 is 5.60 Å². The molecular weight excluding hydrogens is 469 g/mol. The summed E-state index contributed by atoms with van der Waals surface area (Å²) in [6.45, 7) is 0. The molecule has 2 aliphatic carbocycles. The highest BCUT2D eigenvalue weighted by Gasteiger charge is 2.49. The van der Waals surface area contributed by atoms with Gasteiger partial charge in [-0.2, -0.15) is 5.10 Å². The summed E-state index contributed by atoms with van der Waals surface area (Å²) in [6.07, 6.45) is 6.73. The Balaban J connectivity index is 0.000000243. The summed E-state index contributed by atoms with van der Waals surface area (Å²) >= 11 is 5.48. The van der Waals surface area contributed by atoms with E-state index in [4.69, 9.17) is 17.3 Å². The van der Waals surface area contributed by atoms with Crippen molar-refractivity contribution in [3.63, 3.8) is 0 Å². The van der Waals surface area contributed by atoms with E-state index >= 15 is 0 Å². The van der Waals surface area contributed by atoms with Gasteiger partial charge < -0.3 is 16.2 Å². The molecule has 7 nitrogen and oxygen atoms in total. The van der Waals surface area contributed by atoms with Crippen LogP contribution >= 0.6 is 11.6 Å². The Labute approximate surface area is 209 Å². The van der Waals surface area contributed by atoms with Gasteiger partial charge in [-0.15, -0.1) is 0 Å². The average Bonchev–Trinajstić information content (AvgIpc) is 3.45. The summed E-state index contributed by atoms with van der Waals surface area (Å²) in [5, 5.41) is 18.5. The van der Waals surface area contributed by atoms with E-state index in [0.29, 0.717) is 29.6 Å². The second kappa shape index (κ2) is 10.3. The number of fused-ring (bicyclic) bond motifs is 1. The first kappa shape index (κ1) is 25.1. The number of nitrogen functional groups attached to an aromatic ring is 1. The van der Waals surface area contributed by atoms with Crippen LogP contribution < -0.4 is 11.1 Å². The van der Waals surface area contributed by atoms with Crippen LogP contribution in [0.15, 0.2) is 42.6 Å². The molecule has 2 heterocycles. The van der Waals surface area contributed by atoms with Crippen LogP contribution in [0, 0.1) is 17.7 Å². The lowest BCUT2D eigenvalue weighted by Gasteiger charge is -2.24. The zero-order valence-corrected chi connectivity index (χ0v) is 20.7. The minimum atomic E-state index is -0.661. The highest BCUT2D eigenvalue weighted by molar-refractivity contribution is 6.31. The second-order valence-corrected chi connectivity index (χ2v) is 10.0. The van der Waals surface area contributed by atoms with Crippen LogP contribution in [0.1, 0.15) is 53.3 Å². The lowest BCUT2D eigenvalue weighted by Crippen LogP contribution is -2.29. The zero-order valence-electron chi connectivity index (χ0n) is 19.9. The highest BCUT2D eigenvalue weighted by atomic mass is 35.5. The van der Waals surface area contributed by atoms with Gasteiger partial charge in [0.2, 0.25) is 0 Å². The van der Waals surface area contributed by atoms with E-state index in [1.54, 1.807) is 31.0 Å². The standard InChI is InChI=1S/C19H24N4O2.C7H7ClFN/c1-23-18(20)16(11-24)17(22-23)12-6-13-8-19(25,9-14(13)7-12)10-15-4-2-3-5-21-15;1-10-5-2-3-7(9)6(8)4-5/h2-5,11-14,25H,6-10,20H2,1H3;2-4,10H,1H3. The van der Waals surface area contributed by atoms with Crippen molar-refractivity contribution in [2.75, 3.05) is 18.1 Å². The number of nitrogens with one attached hydrogen (secondary N) is 1. The molecule has 0 radical (unpaired) electrons. The summed E-state index contributed by atoms with van der Waals surface area (Å²) in [5.74, 6) is 1.26. The number of nitrogens with two attached hydrogens (primary N) is 1. The summed E-state index contributed by atoms with van der Waals surface area (Å²) in [7, 11) is 3.52. The number of aldehydes is 1. The molecule has 1 aromatic carbocycles. The first-order valence-corrected chi connectivity index (χ1v) is 12.1. The van der Waals surface area contributed by atoms with Gasteiger partial charge in [0.15, 0.2) is 6.29 Å². The molecule has 2 aliphatic rings. The maximum absolute atomic E-state index is 12.5. The van der Waals surface area contributed by atoms with Gasteiger partial charge in [-0.25, -0.2) is 4.39 Å². The van der Waals surface area contributed by atoms with Gasteiger partial charge in [-0.3, -0.25) is 14.5 Å². The molecule has 0 saturated heterocycles. The number of anilines is 2. The summed E-state index contributed by atoms with van der Waals surface area (Å²) < 4.78 is 14.1. The van der Waals surface area contributed by atoms with Crippen LogP contribution in [-0.2, 0) is 13.5 Å². The number of rotatable bonds is 5. The number of carbonyl (C=O) groups is 1. The van der Waals surface area contributed by atoms with E-state index in [1.165, 1.54) is 12.1 Å². The fraction of sp³-hybridized carbons (Fsp3) is 0.423. The Kier molecular flexibility index (Phi) is 7.42.